The van der Waals surface area contributed by atoms with Crippen LogP contribution in [0.3, 0.4) is 0 Å². The van der Waals surface area contributed by atoms with E-state index in [-0.39, 0.29) is 0 Å². The summed E-state index contributed by atoms with van der Waals surface area (Å²) in [6.07, 6.45) is 1.60. The van der Waals surface area contributed by atoms with Crippen molar-refractivity contribution in [3.8, 4) is 5.88 Å². The van der Waals surface area contributed by atoms with Crippen molar-refractivity contribution in [2.24, 2.45) is 0 Å². The largest absolute Gasteiger partial charge is 0.481 e. The fourth-order valence-corrected chi connectivity index (χ4v) is 2.60. The van der Waals surface area contributed by atoms with Gasteiger partial charge in [0.05, 0.1) is 17.6 Å². The zero-order valence-corrected chi connectivity index (χ0v) is 10.8. The van der Waals surface area contributed by atoms with Crippen molar-refractivity contribution in [3.63, 3.8) is 0 Å². The van der Waals surface area contributed by atoms with E-state index in [4.69, 9.17) is 16.3 Å². The molecule has 1 N–H and O–H groups in total. The molecule has 0 saturated heterocycles. The van der Waals surface area contributed by atoms with E-state index < -0.39 is 6.10 Å². The minimum atomic E-state index is -0.567. The number of hydrogen-bond donors (Lipinski definition) is 1. The SMILES string of the molecule is COc1ccc(C(O)Cc2ccc(Cl)s2)cn1. The zero-order chi connectivity index (χ0) is 12.3. The lowest BCUT2D eigenvalue weighted by molar-refractivity contribution is 0.179. The second kappa shape index (κ2) is 5.49. The van der Waals surface area contributed by atoms with Crippen LogP contribution in [0.25, 0.3) is 0 Å². The molecule has 2 heterocycles. The third-order valence-electron chi connectivity index (χ3n) is 2.38. The average molecular weight is 270 g/mol. The van der Waals surface area contributed by atoms with Crippen LogP contribution < -0.4 is 4.74 Å². The summed E-state index contributed by atoms with van der Waals surface area (Å²) < 4.78 is 5.70. The fourth-order valence-electron chi connectivity index (χ4n) is 1.48. The highest BCUT2D eigenvalue weighted by Gasteiger charge is 2.10. The maximum absolute atomic E-state index is 10.0. The minimum Gasteiger partial charge on any atom is -0.481 e. The molecule has 1 unspecified atom stereocenters. The Kier molecular flexibility index (Phi) is 3.99. The number of nitrogens with zero attached hydrogens (tertiary/aromatic N) is 1. The molecule has 0 aliphatic heterocycles. The highest BCUT2D eigenvalue weighted by molar-refractivity contribution is 7.16. The van der Waals surface area contributed by atoms with Crippen molar-refractivity contribution < 1.29 is 9.84 Å². The van der Waals surface area contributed by atoms with Crippen LogP contribution in [-0.2, 0) is 6.42 Å². The summed E-state index contributed by atoms with van der Waals surface area (Å²) in [7, 11) is 1.56. The number of aromatic nitrogens is 1. The number of hydrogen-bond acceptors (Lipinski definition) is 4. The van der Waals surface area contributed by atoms with Gasteiger partial charge < -0.3 is 9.84 Å². The highest BCUT2D eigenvalue weighted by atomic mass is 35.5. The van der Waals surface area contributed by atoms with Crippen LogP contribution in [-0.4, -0.2) is 17.2 Å². The number of thiophene rings is 1. The maximum atomic E-state index is 10.0. The predicted octanol–water partition coefficient (Wildman–Crippen LogP) is 3.08. The molecule has 0 spiro atoms. The summed E-state index contributed by atoms with van der Waals surface area (Å²) in [4.78, 5) is 5.11. The van der Waals surface area contributed by atoms with E-state index in [1.54, 1.807) is 19.4 Å². The monoisotopic (exact) mass is 269 g/mol. The van der Waals surface area contributed by atoms with Gasteiger partial charge in [-0.1, -0.05) is 11.6 Å². The molecule has 0 fully saturated rings. The van der Waals surface area contributed by atoms with Gasteiger partial charge in [-0.25, -0.2) is 4.98 Å². The normalized spacial score (nSPS) is 12.4. The Morgan fingerprint density at radius 3 is 2.76 bits per heavy atom. The minimum absolute atomic E-state index is 0.542. The van der Waals surface area contributed by atoms with Crippen LogP contribution in [0, 0.1) is 0 Å². The van der Waals surface area contributed by atoms with Crippen LogP contribution in [0.2, 0.25) is 4.34 Å². The Bertz CT molecular complexity index is 484. The molecule has 1 atom stereocenters. The first-order valence-corrected chi connectivity index (χ1v) is 6.30. The van der Waals surface area contributed by atoms with Crippen LogP contribution in [0.5, 0.6) is 5.88 Å². The predicted molar refractivity (Wildman–Crippen MR) is 68.8 cm³/mol. The summed E-state index contributed by atoms with van der Waals surface area (Å²) in [5.74, 6) is 0.542. The van der Waals surface area contributed by atoms with Gasteiger partial charge in [0.1, 0.15) is 0 Å². The van der Waals surface area contributed by atoms with Gasteiger partial charge in [-0.05, 0) is 23.8 Å². The molecule has 2 rings (SSSR count). The third-order valence-corrected chi connectivity index (χ3v) is 3.63. The molecular weight excluding hydrogens is 258 g/mol. The van der Waals surface area contributed by atoms with Crippen molar-refractivity contribution in [1.29, 1.82) is 0 Å². The quantitative estimate of drug-likeness (QED) is 0.928. The Balaban J connectivity index is 2.06. The van der Waals surface area contributed by atoms with Crippen LogP contribution in [0.1, 0.15) is 16.5 Å². The lowest BCUT2D eigenvalue weighted by Crippen LogP contribution is -2.01. The number of halogens is 1. The molecule has 0 saturated carbocycles. The first kappa shape index (κ1) is 12.4. The van der Waals surface area contributed by atoms with Crippen molar-refractivity contribution in [3.05, 3.63) is 45.2 Å². The van der Waals surface area contributed by atoms with Gasteiger partial charge in [-0.2, -0.15) is 0 Å². The highest BCUT2D eigenvalue weighted by Crippen LogP contribution is 2.26. The smallest absolute Gasteiger partial charge is 0.212 e. The molecule has 17 heavy (non-hydrogen) atoms. The molecule has 0 radical (unpaired) electrons. The lowest BCUT2D eigenvalue weighted by atomic mass is 10.1. The number of aliphatic hydroxyl groups excluding tert-OH is 1. The van der Waals surface area contributed by atoms with Gasteiger partial charge in [-0.15, -0.1) is 11.3 Å². The molecule has 0 amide bonds. The van der Waals surface area contributed by atoms with Crippen LogP contribution >= 0.6 is 22.9 Å². The molecule has 90 valence electrons. The van der Waals surface area contributed by atoms with E-state index in [9.17, 15) is 5.11 Å². The Hall–Kier alpha value is -1.10. The van der Waals surface area contributed by atoms with Gasteiger partial charge >= 0.3 is 0 Å². The standard InChI is InChI=1S/C12H12ClNO2S/c1-16-12-5-2-8(7-14-12)10(15)6-9-3-4-11(13)17-9/h2-5,7,10,15H,6H2,1H3. The molecule has 2 aromatic rings. The second-order valence-electron chi connectivity index (χ2n) is 3.56. The summed E-state index contributed by atoms with van der Waals surface area (Å²) in [5, 5.41) is 10.0. The molecule has 0 aliphatic carbocycles. The second-order valence-corrected chi connectivity index (χ2v) is 5.36. The summed E-state index contributed by atoms with van der Waals surface area (Å²) in [6.45, 7) is 0. The number of rotatable bonds is 4. The number of ether oxygens (including phenoxy) is 1. The van der Waals surface area contributed by atoms with Crippen LogP contribution in [0.15, 0.2) is 30.5 Å². The van der Waals surface area contributed by atoms with Gasteiger partial charge in [0.15, 0.2) is 0 Å². The third kappa shape index (κ3) is 3.19. The summed E-state index contributed by atoms with van der Waals surface area (Å²) in [6, 6.07) is 7.30. The topological polar surface area (TPSA) is 42.4 Å². The van der Waals surface area contributed by atoms with Crippen molar-refractivity contribution in [2.75, 3.05) is 7.11 Å². The molecule has 5 heteroatoms. The molecule has 0 bridgehead atoms. The number of methoxy groups -OCH3 is 1. The van der Waals surface area contributed by atoms with Crippen molar-refractivity contribution in [1.82, 2.24) is 4.98 Å². The Morgan fingerprint density at radius 2 is 2.24 bits per heavy atom. The van der Waals surface area contributed by atoms with E-state index >= 15 is 0 Å². The van der Waals surface area contributed by atoms with Crippen molar-refractivity contribution in [2.45, 2.75) is 12.5 Å². The van der Waals surface area contributed by atoms with E-state index in [1.165, 1.54) is 11.3 Å². The van der Waals surface area contributed by atoms with E-state index in [0.29, 0.717) is 12.3 Å². The van der Waals surface area contributed by atoms with Gasteiger partial charge in [0.2, 0.25) is 5.88 Å². The van der Waals surface area contributed by atoms with Crippen LogP contribution in [0.4, 0.5) is 0 Å². The first-order chi connectivity index (χ1) is 8.19. The maximum Gasteiger partial charge on any atom is 0.212 e. The van der Waals surface area contributed by atoms with Gasteiger partial charge in [-0.3, -0.25) is 0 Å². The molecule has 0 aliphatic rings. The van der Waals surface area contributed by atoms with Gasteiger partial charge in [0.25, 0.3) is 0 Å². The lowest BCUT2D eigenvalue weighted by Gasteiger charge is -2.09. The Labute approximate surface area is 109 Å². The number of aliphatic hydroxyl groups is 1. The fraction of sp³-hybridized carbons (Fsp3) is 0.250. The summed E-state index contributed by atoms with van der Waals surface area (Å²) >= 11 is 7.32. The molecule has 3 nitrogen and oxygen atoms in total. The molecular formula is C12H12ClNO2S. The van der Waals surface area contributed by atoms with E-state index in [0.717, 1.165) is 14.8 Å². The van der Waals surface area contributed by atoms with Crippen molar-refractivity contribution >= 4 is 22.9 Å². The van der Waals surface area contributed by atoms with E-state index in [2.05, 4.69) is 4.98 Å². The number of pyridine rings is 1. The first-order valence-electron chi connectivity index (χ1n) is 5.11. The average Bonchev–Trinajstić information content (AvgIpc) is 2.75. The Morgan fingerprint density at radius 1 is 1.41 bits per heavy atom. The molecule has 2 aromatic heterocycles. The summed E-state index contributed by atoms with van der Waals surface area (Å²) in [5.41, 5.74) is 0.773. The van der Waals surface area contributed by atoms with E-state index in [1.807, 2.05) is 18.2 Å². The molecule has 0 aromatic carbocycles. The zero-order valence-electron chi connectivity index (χ0n) is 9.26. The van der Waals surface area contributed by atoms with Gasteiger partial charge in [0, 0.05) is 23.6 Å².